The summed E-state index contributed by atoms with van der Waals surface area (Å²) in [6.45, 7) is 0.428. The van der Waals surface area contributed by atoms with E-state index in [1.54, 1.807) is 35.2 Å². The fraction of sp³-hybridized carbons (Fsp3) is 0.0370. The van der Waals surface area contributed by atoms with Crippen LogP contribution in [0.2, 0.25) is 10.0 Å². The molecule has 0 radical (unpaired) electrons. The van der Waals surface area contributed by atoms with Gasteiger partial charge in [0.15, 0.2) is 5.17 Å². The van der Waals surface area contributed by atoms with E-state index in [1.165, 1.54) is 11.8 Å². The quantitative estimate of drug-likeness (QED) is 0.258. The normalized spacial score (nSPS) is 16.1. The van der Waals surface area contributed by atoms with Crippen molar-refractivity contribution in [2.75, 3.05) is 0 Å². The van der Waals surface area contributed by atoms with Gasteiger partial charge in [0.25, 0.3) is 5.91 Å². The Labute approximate surface area is 211 Å². The summed E-state index contributed by atoms with van der Waals surface area (Å²) < 4.78 is 5.98. The number of carbonyl (C=O) groups is 1. The average molecular weight is 505 g/mol. The lowest BCUT2D eigenvalue weighted by molar-refractivity contribution is -0.122. The van der Waals surface area contributed by atoms with Crippen molar-refractivity contribution in [3.05, 3.63) is 117 Å². The lowest BCUT2D eigenvalue weighted by Gasteiger charge is -2.15. The number of aliphatic imine (C=N–C) groups is 1. The van der Waals surface area contributed by atoms with Crippen LogP contribution in [0.25, 0.3) is 17.4 Å². The fourth-order valence-electron chi connectivity index (χ4n) is 3.50. The first kappa shape index (κ1) is 22.5. The number of benzene rings is 3. The first-order valence-electron chi connectivity index (χ1n) is 10.5. The summed E-state index contributed by atoms with van der Waals surface area (Å²) in [6, 6.07) is 28.3. The van der Waals surface area contributed by atoms with Gasteiger partial charge in [0, 0.05) is 16.7 Å². The van der Waals surface area contributed by atoms with E-state index >= 15 is 0 Å². The number of hydrogen-bond acceptors (Lipinski definition) is 4. The minimum absolute atomic E-state index is 0.123. The highest BCUT2D eigenvalue weighted by Crippen LogP contribution is 2.37. The van der Waals surface area contributed by atoms with E-state index in [9.17, 15) is 4.79 Å². The molecule has 0 bridgehead atoms. The van der Waals surface area contributed by atoms with Crippen molar-refractivity contribution in [1.82, 2.24) is 4.90 Å². The van der Waals surface area contributed by atoms with E-state index in [1.807, 2.05) is 66.7 Å². The van der Waals surface area contributed by atoms with Crippen molar-refractivity contribution in [3.63, 3.8) is 0 Å². The van der Waals surface area contributed by atoms with Crippen LogP contribution < -0.4 is 0 Å². The van der Waals surface area contributed by atoms with E-state index in [2.05, 4.69) is 0 Å². The Hall–Kier alpha value is -3.25. The summed E-state index contributed by atoms with van der Waals surface area (Å²) in [5.41, 5.74) is 2.50. The third kappa shape index (κ3) is 4.97. The molecular weight excluding hydrogens is 487 g/mol. The zero-order valence-corrected chi connectivity index (χ0v) is 20.1. The monoisotopic (exact) mass is 504 g/mol. The van der Waals surface area contributed by atoms with Crippen LogP contribution in [0, 0.1) is 0 Å². The van der Waals surface area contributed by atoms with Crippen molar-refractivity contribution in [3.8, 4) is 11.3 Å². The van der Waals surface area contributed by atoms with Crippen LogP contribution >= 0.6 is 35.0 Å². The van der Waals surface area contributed by atoms with Crippen molar-refractivity contribution in [2.45, 2.75) is 6.54 Å². The molecular formula is C27H18Cl2N2O2S. The Morgan fingerprint density at radius 2 is 1.65 bits per heavy atom. The lowest BCUT2D eigenvalue weighted by Crippen LogP contribution is -2.28. The maximum atomic E-state index is 13.4. The van der Waals surface area contributed by atoms with E-state index in [4.69, 9.17) is 32.6 Å². The summed E-state index contributed by atoms with van der Waals surface area (Å²) in [5.74, 6) is 0.999. The van der Waals surface area contributed by atoms with Gasteiger partial charge >= 0.3 is 0 Å². The zero-order valence-electron chi connectivity index (χ0n) is 17.8. The largest absolute Gasteiger partial charge is 0.457 e. The molecule has 1 aliphatic heterocycles. The number of halogens is 2. The molecule has 0 spiro atoms. The number of nitrogens with zero attached hydrogens (tertiary/aromatic N) is 2. The number of amidine groups is 1. The number of hydrogen-bond donors (Lipinski definition) is 0. The molecule has 7 heteroatoms. The van der Waals surface area contributed by atoms with Gasteiger partial charge in [-0.25, -0.2) is 4.99 Å². The molecule has 3 aromatic carbocycles. The Bertz CT molecular complexity index is 1400. The first-order chi connectivity index (χ1) is 16.6. The molecule has 0 saturated carbocycles. The highest BCUT2D eigenvalue weighted by atomic mass is 35.5. The fourth-order valence-corrected chi connectivity index (χ4v) is 4.86. The van der Waals surface area contributed by atoms with Crippen molar-refractivity contribution < 1.29 is 9.21 Å². The van der Waals surface area contributed by atoms with Crippen molar-refractivity contribution >= 4 is 57.8 Å². The molecule has 0 unspecified atom stereocenters. The van der Waals surface area contributed by atoms with Crippen LogP contribution in [0.1, 0.15) is 11.3 Å². The number of furan rings is 1. The molecule has 2 heterocycles. The molecule has 4 aromatic rings. The topological polar surface area (TPSA) is 45.8 Å². The summed E-state index contributed by atoms with van der Waals surface area (Å²) in [7, 11) is 0. The highest BCUT2D eigenvalue weighted by molar-refractivity contribution is 8.18. The smallest absolute Gasteiger partial charge is 0.267 e. The summed E-state index contributed by atoms with van der Waals surface area (Å²) in [6.07, 6.45) is 1.74. The Morgan fingerprint density at radius 1 is 0.912 bits per heavy atom. The Morgan fingerprint density at radius 3 is 2.41 bits per heavy atom. The molecule has 0 aliphatic carbocycles. The van der Waals surface area contributed by atoms with Gasteiger partial charge in [0.2, 0.25) is 0 Å². The Balaban J connectivity index is 1.47. The summed E-state index contributed by atoms with van der Waals surface area (Å²) in [4.78, 5) is 20.3. The van der Waals surface area contributed by atoms with Gasteiger partial charge in [-0.1, -0.05) is 71.7 Å². The number of rotatable bonds is 5. The second-order valence-electron chi connectivity index (χ2n) is 7.54. The van der Waals surface area contributed by atoms with E-state index in [-0.39, 0.29) is 5.91 Å². The predicted octanol–water partition coefficient (Wildman–Crippen LogP) is 8.06. The number of amides is 1. The van der Waals surface area contributed by atoms with Gasteiger partial charge in [-0.3, -0.25) is 9.69 Å². The predicted molar refractivity (Wildman–Crippen MR) is 140 cm³/mol. The van der Waals surface area contributed by atoms with Crippen molar-refractivity contribution in [1.29, 1.82) is 0 Å². The minimum Gasteiger partial charge on any atom is -0.457 e. The molecule has 0 N–H and O–H groups in total. The molecule has 168 valence electrons. The molecule has 34 heavy (non-hydrogen) atoms. The van der Waals surface area contributed by atoms with Crippen molar-refractivity contribution in [2.24, 2.45) is 4.99 Å². The minimum atomic E-state index is -0.123. The number of para-hydroxylation sites is 1. The lowest BCUT2D eigenvalue weighted by atomic mass is 10.2. The maximum absolute atomic E-state index is 13.4. The molecule has 0 atom stereocenters. The van der Waals surface area contributed by atoms with E-state index in [0.717, 1.165) is 11.3 Å². The molecule has 5 rings (SSSR count). The van der Waals surface area contributed by atoms with Crippen LogP contribution in [0.3, 0.4) is 0 Å². The SMILES string of the molecule is O=C1/C(=C\c2ccc(-c3cc(Cl)ccc3Cl)o2)SC(=Nc2ccccc2)N1Cc1ccccc1. The van der Waals surface area contributed by atoms with Gasteiger partial charge in [0.05, 0.1) is 22.2 Å². The highest BCUT2D eigenvalue weighted by Gasteiger charge is 2.33. The second-order valence-corrected chi connectivity index (χ2v) is 9.40. The summed E-state index contributed by atoms with van der Waals surface area (Å²) in [5, 5.41) is 1.72. The van der Waals surface area contributed by atoms with Gasteiger partial charge in [-0.15, -0.1) is 0 Å². The third-order valence-electron chi connectivity index (χ3n) is 5.15. The standard InChI is InChI=1S/C27H18Cl2N2O2S/c28-19-11-13-23(29)22(15-19)24-14-12-21(33-24)16-25-26(32)31(17-18-7-3-1-4-8-18)27(34-25)30-20-9-5-2-6-10-20/h1-16H,17H2/b25-16+,30-27?. The Kier molecular flexibility index (Phi) is 6.59. The average Bonchev–Trinajstić information content (AvgIpc) is 3.42. The summed E-state index contributed by atoms with van der Waals surface area (Å²) >= 11 is 13.8. The van der Waals surface area contributed by atoms with Crippen LogP contribution in [0.4, 0.5) is 5.69 Å². The molecule has 1 saturated heterocycles. The molecule has 1 amide bonds. The van der Waals surface area contributed by atoms with Gasteiger partial charge in [-0.2, -0.15) is 0 Å². The van der Waals surface area contributed by atoms with Crippen LogP contribution in [-0.2, 0) is 11.3 Å². The van der Waals surface area contributed by atoms with E-state index in [0.29, 0.717) is 43.7 Å². The van der Waals surface area contributed by atoms with Crippen LogP contribution in [0.15, 0.2) is 105 Å². The molecule has 1 aliphatic rings. The molecule has 1 fully saturated rings. The van der Waals surface area contributed by atoms with Gasteiger partial charge in [0.1, 0.15) is 11.5 Å². The van der Waals surface area contributed by atoms with Crippen LogP contribution in [0.5, 0.6) is 0 Å². The second kappa shape index (κ2) is 9.94. The molecule has 1 aromatic heterocycles. The van der Waals surface area contributed by atoms with Gasteiger partial charge in [-0.05, 0) is 59.8 Å². The maximum Gasteiger partial charge on any atom is 0.267 e. The zero-order chi connectivity index (χ0) is 23.5. The van der Waals surface area contributed by atoms with Crippen LogP contribution in [-0.4, -0.2) is 16.0 Å². The van der Waals surface area contributed by atoms with E-state index < -0.39 is 0 Å². The number of thioether (sulfide) groups is 1. The third-order valence-corrected chi connectivity index (χ3v) is 6.72. The number of carbonyl (C=O) groups excluding carboxylic acids is 1. The van der Waals surface area contributed by atoms with Gasteiger partial charge < -0.3 is 4.42 Å². The first-order valence-corrected chi connectivity index (χ1v) is 12.1. The molecule has 4 nitrogen and oxygen atoms in total.